The van der Waals surface area contributed by atoms with E-state index in [2.05, 4.69) is 21.0 Å². The van der Waals surface area contributed by atoms with E-state index in [1.165, 1.54) is 18.7 Å². The van der Waals surface area contributed by atoms with Crippen molar-refractivity contribution in [3.8, 4) is 11.4 Å². The highest BCUT2D eigenvalue weighted by Crippen LogP contribution is 2.25. The van der Waals surface area contributed by atoms with Crippen molar-refractivity contribution in [2.75, 3.05) is 5.75 Å². The Morgan fingerprint density at radius 3 is 2.76 bits per heavy atom. The second kappa shape index (κ2) is 6.44. The van der Waals surface area contributed by atoms with Crippen LogP contribution in [0.25, 0.3) is 11.4 Å². The van der Waals surface area contributed by atoms with E-state index in [1.807, 2.05) is 20.0 Å². The highest BCUT2D eigenvalue weighted by atomic mass is 32.2. The predicted octanol–water partition coefficient (Wildman–Crippen LogP) is 0.643. The lowest BCUT2D eigenvalue weighted by Gasteiger charge is -2.05. The fraction of sp³-hybridized carbons (Fsp3) is 0.333. The van der Waals surface area contributed by atoms with Gasteiger partial charge in [0.1, 0.15) is 5.76 Å². The number of hydrogen-bond acceptors (Lipinski definition) is 6. The first-order chi connectivity index (χ1) is 9.99. The normalized spacial score (nSPS) is 10.4. The molecular formula is C12H15N5O3S. The van der Waals surface area contributed by atoms with E-state index in [-0.39, 0.29) is 17.6 Å². The van der Waals surface area contributed by atoms with Gasteiger partial charge in [-0.25, -0.2) is 0 Å². The maximum absolute atomic E-state index is 11.5. The molecule has 112 valence electrons. The third-order valence-electron chi connectivity index (χ3n) is 2.64. The highest BCUT2D eigenvalue weighted by Gasteiger charge is 2.15. The van der Waals surface area contributed by atoms with Crippen molar-refractivity contribution < 1.29 is 14.0 Å². The van der Waals surface area contributed by atoms with Gasteiger partial charge in [0.05, 0.1) is 17.6 Å². The van der Waals surface area contributed by atoms with E-state index < -0.39 is 0 Å². The summed E-state index contributed by atoms with van der Waals surface area (Å²) < 4.78 is 7.03. The van der Waals surface area contributed by atoms with Crippen LogP contribution in [0.1, 0.15) is 12.7 Å². The lowest BCUT2D eigenvalue weighted by Crippen LogP contribution is -2.41. The number of nitrogens with zero attached hydrogens (tertiary/aromatic N) is 3. The summed E-state index contributed by atoms with van der Waals surface area (Å²) in [6.07, 6.45) is 1.59. The number of hydrazine groups is 1. The first kappa shape index (κ1) is 15.1. The molecule has 2 aromatic heterocycles. The molecule has 8 nitrogen and oxygen atoms in total. The molecule has 2 rings (SSSR count). The quantitative estimate of drug-likeness (QED) is 0.635. The van der Waals surface area contributed by atoms with Crippen LogP contribution < -0.4 is 10.9 Å². The third kappa shape index (κ3) is 3.63. The molecule has 9 heteroatoms. The van der Waals surface area contributed by atoms with Crippen molar-refractivity contribution in [3.05, 3.63) is 18.1 Å². The number of carbonyl (C=O) groups excluding carboxylic acids is 2. The summed E-state index contributed by atoms with van der Waals surface area (Å²) in [6.45, 7) is 3.16. The summed E-state index contributed by atoms with van der Waals surface area (Å²) >= 11 is 1.23. The Kier molecular flexibility index (Phi) is 4.63. The lowest BCUT2D eigenvalue weighted by atomic mass is 10.2. The molecule has 2 amide bonds. The van der Waals surface area contributed by atoms with Gasteiger partial charge in [-0.3, -0.25) is 20.4 Å². The number of nitrogens with one attached hydrogen (secondary N) is 2. The minimum atomic E-state index is -0.329. The van der Waals surface area contributed by atoms with Crippen LogP contribution in [0.3, 0.4) is 0 Å². The average Bonchev–Trinajstić information content (AvgIpc) is 3.00. The Morgan fingerprint density at radius 2 is 2.14 bits per heavy atom. The molecule has 0 saturated heterocycles. The molecule has 0 bridgehead atoms. The molecule has 0 saturated carbocycles. The maximum Gasteiger partial charge on any atom is 0.248 e. The van der Waals surface area contributed by atoms with Crippen LogP contribution in [0.5, 0.6) is 0 Å². The number of furan rings is 1. The van der Waals surface area contributed by atoms with Gasteiger partial charge < -0.3 is 8.98 Å². The van der Waals surface area contributed by atoms with Crippen LogP contribution in [0, 0.1) is 6.92 Å². The van der Waals surface area contributed by atoms with E-state index >= 15 is 0 Å². The van der Waals surface area contributed by atoms with Crippen LogP contribution in [0.2, 0.25) is 0 Å². The van der Waals surface area contributed by atoms with Crippen molar-refractivity contribution in [1.29, 1.82) is 0 Å². The van der Waals surface area contributed by atoms with Gasteiger partial charge in [-0.05, 0) is 13.0 Å². The van der Waals surface area contributed by atoms with Gasteiger partial charge >= 0.3 is 0 Å². The minimum absolute atomic E-state index is 0.122. The number of amides is 2. The molecule has 0 aliphatic rings. The molecule has 21 heavy (non-hydrogen) atoms. The van der Waals surface area contributed by atoms with E-state index in [0.717, 1.165) is 11.3 Å². The Balaban J connectivity index is 2.00. The summed E-state index contributed by atoms with van der Waals surface area (Å²) in [5, 5.41) is 8.75. The number of aryl methyl sites for hydroxylation is 1. The molecule has 0 fully saturated rings. The minimum Gasteiger partial charge on any atom is -0.469 e. The van der Waals surface area contributed by atoms with Crippen molar-refractivity contribution in [1.82, 2.24) is 25.6 Å². The van der Waals surface area contributed by atoms with Gasteiger partial charge in [0.2, 0.25) is 11.8 Å². The molecule has 0 aliphatic carbocycles. The second-order valence-electron chi connectivity index (χ2n) is 4.27. The molecule has 0 atom stereocenters. The van der Waals surface area contributed by atoms with Crippen LogP contribution in [-0.2, 0) is 16.6 Å². The largest absolute Gasteiger partial charge is 0.469 e. The molecule has 2 N–H and O–H groups in total. The molecule has 0 unspecified atom stereocenters. The Bertz CT molecular complexity index is 664. The fourth-order valence-corrected chi connectivity index (χ4v) is 2.33. The summed E-state index contributed by atoms with van der Waals surface area (Å²) in [7, 11) is 1.82. The van der Waals surface area contributed by atoms with Crippen molar-refractivity contribution in [2.24, 2.45) is 7.05 Å². The SMILES string of the molecule is CC(=O)NNC(=O)CSc1nnc(-c2ccoc2C)n1C. The van der Waals surface area contributed by atoms with E-state index in [4.69, 9.17) is 4.42 Å². The van der Waals surface area contributed by atoms with Crippen molar-refractivity contribution in [3.63, 3.8) is 0 Å². The van der Waals surface area contributed by atoms with Crippen LogP contribution in [-0.4, -0.2) is 32.3 Å². The second-order valence-corrected chi connectivity index (χ2v) is 5.22. The van der Waals surface area contributed by atoms with Gasteiger partial charge in [0, 0.05) is 14.0 Å². The number of aromatic nitrogens is 3. The first-order valence-corrected chi connectivity index (χ1v) is 7.09. The molecule has 0 aliphatic heterocycles. The van der Waals surface area contributed by atoms with Gasteiger partial charge in [-0.15, -0.1) is 10.2 Å². The zero-order chi connectivity index (χ0) is 15.4. The molecule has 0 spiro atoms. The van der Waals surface area contributed by atoms with Crippen LogP contribution in [0.4, 0.5) is 0 Å². The fourth-order valence-electron chi connectivity index (χ4n) is 1.62. The van der Waals surface area contributed by atoms with Crippen LogP contribution >= 0.6 is 11.8 Å². The number of rotatable bonds is 4. The zero-order valence-electron chi connectivity index (χ0n) is 11.8. The number of carbonyl (C=O) groups is 2. The monoisotopic (exact) mass is 309 g/mol. The number of hydrogen-bond donors (Lipinski definition) is 2. The molecule has 2 heterocycles. The Labute approximate surface area is 125 Å². The molecular weight excluding hydrogens is 294 g/mol. The van der Waals surface area contributed by atoms with E-state index in [9.17, 15) is 9.59 Å². The predicted molar refractivity (Wildman–Crippen MR) is 76.1 cm³/mol. The standard InChI is InChI=1S/C12H15N5O3S/c1-7-9(4-5-20-7)11-15-16-12(17(11)3)21-6-10(19)14-13-8(2)18/h4-5H,6H2,1-3H3,(H,13,18)(H,14,19). The van der Waals surface area contributed by atoms with Gasteiger partial charge in [-0.1, -0.05) is 11.8 Å². The van der Waals surface area contributed by atoms with E-state index in [0.29, 0.717) is 11.0 Å². The summed E-state index contributed by atoms with van der Waals surface area (Å²) in [5.74, 6) is 0.900. The first-order valence-electron chi connectivity index (χ1n) is 6.11. The Hall–Kier alpha value is -2.29. The molecule has 0 radical (unpaired) electrons. The summed E-state index contributed by atoms with van der Waals surface area (Å²) in [5.41, 5.74) is 5.37. The average molecular weight is 309 g/mol. The maximum atomic E-state index is 11.5. The van der Waals surface area contributed by atoms with Gasteiger partial charge in [0.15, 0.2) is 11.0 Å². The smallest absolute Gasteiger partial charge is 0.248 e. The zero-order valence-corrected chi connectivity index (χ0v) is 12.7. The topological polar surface area (TPSA) is 102 Å². The van der Waals surface area contributed by atoms with Gasteiger partial charge in [-0.2, -0.15) is 0 Å². The number of thioether (sulfide) groups is 1. The van der Waals surface area contributed by atoms with Gasteiger partial charge in [0.25, 0.3) is 0 Å². The third-order valence-corrected chi connectivity index (χ3v) is 3.67. The molecule has 2 aromatic rings. The Morgan fingerprint density at radius 1 is 1.38 bits per heavy atom. The molecule has 0 aromatic carbocycles. The van der Waals surface area contributed by atoms with Crippen molar-refractivity contribution >= 4 is 23.6 Å². The summed E-state index contributed by atoms with van der Waals surface area (Å²) in [4.78, 5) is 22.2. The van der Waals surface area contributed by atoms with Crippen molar-refractivity contribution in [2.45, 2.75) is 19.0 Å². The lowest BCUT2D eigenvalue weighted by molar-refractivity contribution is -0.126. The van der Waals surface area contributed by atoms with E-state index in [1.54, 1.807) is 10.8 Å². The highest BCUT2D eigenvalue weighted by molar-refractivity contribution is 7.99. The van der Waals surface area contributed by atoms with Crippen LogP contribution in [0.15, 0.2) is 21.9 Å². The summed E-state index contributed by atoms with van der Waals surface area (Å²) in [6, 6.07) is 1.82.